The third kappa shape index (κ3) is 5.11. The maximum absolute atomic E-state index is 13.4. The molecule has 1 unspecified atom stereocenters. The van der Waals surface area contributed by atoms with Crippen LogP contribution < -0.4 is 0 Å². The normalized spacial score (nSPS) is 19.8. The molecular formula is C25H29FN6O. The van der Waals surface area contributed by atoms with Crippen LogP contribution in [0.2, 0.25) is 0 Å². The summed E-state index contributed by atoms with van der Waals surface area (Å²) < 4.78 is 13.1. The number of halogens is 1. The molecule has 0 aliphatic carbocycles. The summed E-state index contributed by atoms with van der Waals surface area (Å²) in [5.74, 6) is 1.46. The molecule has 7 nitrogen and oxygen atoms in total. The van der Waals surface area contributed by atoms with Gasteiger partial charge in [-0.15, -0.1) is 0 Å². The van der Waals surface area contributed by atoms with Crippen molar-refractivity contribution in [2.45, 2.75) is 44.7 Å². The molecule has 1 N–H and O–H groups in total. The molecule has 2 aliphatic rings. The number of piperidine rings is 1. The van der Waals surface area contributed by atoms with Crippen LogP contribution in [-0.2, 0) is 17.8 Å². The van der Waals surface area contributed by atoms with E-state index in [0.29, 0.717) is 12.2 Å². The number of aromatic amines is 1. The zero-order valence-corrected chi connectivity index (χ0v) is 18.7. The summed E-state index contributed by atoms with van der Waals surface area (Å²) in [5.41, 5.74) is 2.04. The fraction of sp³-hybridized carbons (Fsp3) is 0.440. The van der Waals surface area contributed by atoms with Crippen molar-refractivity contribution in [2.24, 2.45) is 5.92 Å². The first-order valence-electron chi connectivity index (χ1n) is 11.7. The number of benzene rings is 1. The van der Waals surface area contributed by atoms with Gasteiger partial charge in [0.1, 0.15) is 11.6 Å². The molecular weight excluding hydrogens is 419 g/mol. The Balaban J connectivity index is 1.18. The third-order valence-electron chi connectivity index (χ3n) is 6.72. The molecule has 8 heteroatoms. The summed E-state index contributed by atoms with van der Waals surface area (Å²) in [6, 6.07) is 12.3. The van der Waals surface area contributed by atoms with E-state index in [4.69, 9.17) is 0 Å². The van der Waals surface area contributed by atoms with Gasteiger partial charge in [-0.05, 0) is 68.6 Å². The van der Waals surface area contributed by atoms with Crippen molar-refractivity contribution in [2.75, 3.05) is 19.6 Å². The van der Waals surface area contributed by atoms with Crippen molar-refractivity contribution in [1.82, 2.24) is 30.0 Å². The molecule has 2 aliphatic heterocycles. The molecule has 2 fully saturated rings. The molecule has 172 valence electrons. The molecule has 0 bridgehead atoms. The van der Waals surface area contributed by atoms with Crippen molar-refractivity contribution in [3.63, 3.8) is 0 Å². The zero-order valence-electron chi connectivity index (χ0n) is 18.7. The summed E-state index contributed by atoms with van der Waals surface area (Å²) in [6.07, 6.45) is 5.99. The van der Waals surface area contributed by atoms with Gasteiger partial charge in [0.2, 0.25) is 5.91 Å². The summed E-state index contributed by atoms with van der Waals surface area (Å²) in [6.45, 7) is 3.42. The van der Waals surface area contributed by atoms with E-state index in [9.17, 15) is 9.18 Å². The third-order valence-corrected chi connectivity index (χ3v) is 6.72. The van der Waals surface area contributed by atoms with E-state index in [1.165, 1.54) is 12.1 Å². The molecule has 1 amide bonds. The number of pyridine rings is 1. The van der Waals surface area contributed by atoms with E-state index in [1.54, 1.807) is 12.1 Å². The first kappa shape index (κ1) is 21.7. The van der Waals surface area contributed by atoms with Crippen molar-refractivity contribution in [3.8, 4) is 0 Å². The maximum atomic E-state index is 13.4. The summed E-state index contributed by atoms with van der Waals surface area (Å²) >= 11 is 0. The zero-order chi connectivity index (χ0) is 22.6. The Kier molecular flexibility index (Phi) is 6.44. The number of nitrogens with zero attached hydrogens (tertiary/aromatic N) is 5. The highest BCUT2D eigenvalue weighted by Gasteiger charge is 2.37. The Hall–Kier alpha value is -3.13. The number of rotatable bonds is 6. The van der Waals surface area contributed by atoms with Gasteiger partial charge < -0.3 is 4.90 Å². The minimum atomic E-state index is -0.250. The lowest BCUT2D eigenvalue weighted by molar-refractivity contribution is -0.138. The van der Waals surface area contributed by atoms with Gasteiger partial charge >= 0.3 is 0 Å². The number of hydrogen-bond acceptors (Lipinski definition) is 5. The topological polar surface area (TPSA) is 78.0 Å². The molecule has 4 heterocycles. The average molecular weight is 449 g/mol. The molecule has 0 saturated carbocycles. The van der Waals surface area contributed by atoms with Crippen molar-refractivity contribution in [3.05, 3.63) is 77.4 Å². The molecule has 1 aromatic carbocycles. The van der Waals surface area contributed by atoms with Crippen LogP contribution in [0, 0.1) is 11.7 Å². The standard InChI is InChI=1S/C25H29FN6O/c26-20-8-6-18(7-9-20)16-23-28-24(30-29-23)22-5-3-13-32(22)25(33)19-10-14-31(15-11-19)17-21-4-1-2-12-27-21/h1-2,4,6-9,12,19,22H,3,5,10-11,13-17H2,(H,28,29,30). The number of carbonyl (C=O) groups excluding carboxylic acids is 1. The lowest BCUT2D eigenvalue weighted by Gasteiger charge is -2.34. The monoisotopic (exact) mass is 448 g/mol. The quantitative estimate of drug-likeness (QED) is 0.625. The highest BCUT2D eigenvalue weighted by molar-refractivity contribution is 5.79. The number of amides is 1. The van der Waals surface area contributed by atoms with Gasteiger partial charge in [0.25, 0.3) is 0 Å². The van der Waals surface area contributed by atoms with Crippen LogP contribution >= 0.6 is 0 Å². The molecule has 0 radical (unpaired) electrons. The highest BCUT2D eigenvalue weighted by atomic mass is 19.1. The van der Waals surface area contributed by atoms with Crippen LogP contribution in [0.5, 0.6) is 0 Å². The Morgan fingerprint density at radius 3 is 2.64 bits per heavy atom. The van der Waals surface area contributed by atoms with Crippen LogP contribution in [-0.4, -0.2) is 55.5 Å². The predicted molar refractivity (Wildman–Crippen MR) is 122 cm³/mol. The van der Waals surface area contributed by atoms with E-state index in [-0.39, 0.29) is 23.7 Å². The largest absolute Gasteiger partial charge is 0.332 e. The van der Waals surface area contributed by atoms with E-state index >= 15 is 0 Å². The Morgan fingerprint density at radius 1 is 1.06 bits per heavy atom. The smallest absolute Gasteiger partial charge is 0.226 e. The highest BCUT2D eigenvalue weighted by Crippen LogP contribution is 2.33. The number of likely N-dealkylation sites (tertiary alicyclic amines) is 2. The molecule has 3 aromatic rings. The maximum Gasteiger partial charge on any atom is 0.226 e. The van der Waals surface area contributed by atoms with Crippen molar-refractivity contribution in [1.29, 1.82) is 0 Å². The lowest BCUT2D eigenvalue weighted by Crippen LogP contribution is -2.42. The van der Waals surface area contributed by atoms with Gasteiger partial charge in [0.05, 0.1) is 11.7 Å². The number of H-pyrrole nitrogens is 1. The van der Waals surface area contributed by atoms with E-state index in [1.807, 2.05) is 29.3 Å². The second-order valence-electron chi connectivity index (χ2n) is 9.00. The minimum absolute atomic E-state index is 0.0585. The molecule has 0 spiro atoms. The number of carbonyl (C=O) groups is 1. The Morgan fingerprint density at radius 2 is 1.88 bits per heavy atom. The number of hydrogen-bond donors (Lipinski definition) is 1. The van der Waals surface area contributed by atoms with Gasteiger partial charge in [0, 0.05) is 31.6 Å². The minimum Gasteiger partial charge on any atom is -0.332 e. The van der Waals surface area contributed by atoms with Crippen LogP contribution in [0.3, 0.4) is 0 Å². The van der Waals surface area contributed by atoms with Gasteiger partial charge in [-0.1, -0.05) is 18.2 Å². The average Bonchev–Trinajstić information content (AvgIpc) is 3.51. The number of aromatic nitrogens is 4. The van der Waals surface area contributed by atoms with E-state index < -0.39 is 0 Å². The van der Waals surface area contributed by atoms with Crippen molar-refractivity contribution >= 4 is 5.91 Å². The second kappa shape index (κ2) is 9.79. The van der Waals surface area contributed by atoms with Crippen LogP contribution in [0.25, 0.3) is 0 Å². The summed E-state index contributed by atoms with van der Waals surface area (Å²) in [7, 11) is 0. The molecule has 1 atom stereocenters. The molecule has 5 rings (SSSR count). The molecule has 2 saturated heterocycles. The van der Waals surface area contributed by atoms with Crippen LogP contribution in [0.4, 0.5) is 4.39 Å². The van der Waals surface area contributed by atoms with E-state index in [2.05, 4.69) is 25.1 Å². The second-order valence-corrected chi connectivity index (χ2v) is 9.00. The molecule has 2 aromatic heterocycles. The van der Waals surface area contributed by atoms with Gasteiger partial charge in [-0.2, -0.15) is 5.10 Å². The van der Waals surface area contributed by atoms with E-state index in [0.717, 1.165) is 68.9 Å². The first-order chi connectivity index (χ1) is 16.2. The Bertz CT molecular complexity index is 1060. The van der Waals surface area contributed by atoms with Crippen molar-refractivity contribution < 1.29 is 9.18 Å². The Labute approximate surface area is 193 Å². The fourth-order valence-electron chi connectivity index (χ4n) is 4.93. The van der Waals surface area contributed by atoms with Crippen LogP contribution in [0.15, 0.2) is 48.7 Å². The van der Waals surface area contributed by atoms with Gasteiger partial charge in [-0.25, -0.2) is 9.37 Å². The molecule has 33 heavy (non-hydrogen) atoms. The van der Waals surface area contributed by atoms with Crippen LogP contribution in [0.1, 0.15) is 54.6 Å². The van der Waals surface area contributed by atoms with Gasteiger partial charge in [-0.3, -0.25) is 19.8 Å². The first-order valence-corrected chi connectivity index (χ1v) is 11.7. The lowest BCUT2D eigenvalue weighted by atomic mass is 9.94. The van der Waals surface area contributed by atoms with Gasteiger partial charge in [0.15, 0.2) is 5.82 Å². The SMILES string of the molecule is O=C(C1CCN(Cc2ccccn2)CC1)N1CCCC1c1n[nH]c(Cc2ccc(F)cc2)n1. The predicted octanol–water partition coefficient (Wildman–Crippen LogP) is 3.51. The summed E-state index contributed by atoms with van der Waals surface area (Å²) in [4.78, 5) is 26.8. The summed E-state index contributed by atoms with van der Waals surface area (Å²) in [5, 5.41) is 7.44. The number of nitrogens with one attached hydrogen (secondary N) is 1. The fourth-order valence-corrected chi connectivity index (χ4v) is 4.93.